The van der Waals surface area contributed by atoms with E-state index in [0.717, 1.165) is 43.2 Å². The van der Waals surface area contributed by atoms with E-state index in [1.165, 1.54) is 0 Å². The average Bonchev–Trinajstić information content (AvgIpc) is 2.64. The van der Waals surface area contributed by atoms with E-state index in [4.69, 9.17) is 4.74 Å². The van der Waals surface area contributed by atoms with Gasteiger partial charge in [-0.2, -0.15) is 0 Å². The Hall–Kier alpha value is -1.29. The molecule has 3 heteroatoms. The monoisotopic (exact) mass is 446 g/mol. The molecule has 0 aliphatic heterocycles. The number of carbonyl (C=O) groups is 1. The molecule has 2 rings (SSSR count). The van der Waals surface area contributed by atoms with E-state index in [1.807, 2.05) is 60.7 Å². The first-order chi connectivity index (χ1) is 11.8. The first kappa shape index (κ1) is 21.8. The van der Waals surface area contributed by atoms with Gasteiger partial charge in [-0.3, -0.25) is 4.79 Å². The summed E-state index contributed by atoms with van der Waals surface area (Å²) in [7, 11) is 0. The van der Waals surface area contributed by atoms with Crippen molar-refractivity contribution in [2.24, 2.45) is 0 Å². The standard InChI is InChI=1S/C22H28O2.Sn.2H/c1-3-5-17-22(19-13-9-7-10-14-19,20-15-11-8-12-16-20)21(23)24-18-6-4-2;;;/h7-16H,3-6,17-18H2,1-2H3;;;. The van der Waals surface area contributed by atoms with E-state index in [1.54, 1.807) is 0 Å². The second-order valence-corrected chi connectivity index (χ2v) is 6.23. The van der Waals surface area contributed by atoms with E-state index in [0.29, 0.717) is 6.61 Å². The Balaban J connectivity index is 0.00000312. The van der Waals surface area contributed by atoms with Gasteiger partial charge in [-0.15, -0.1) is 0 Å². The minimum atomic E-state index is -0.716. The number of benzene rings is 2. The van der Waals surface area contributed by atoms with Gasteiger partial charge >= 0.3 is 29.9 Å². The van der Waals surface area contributed by atoms with Crippen LogP contribution >= 0.6 is 0 Å². The Kier molecular flexibility index (Phi) is 9.87. The van der Waals surface area contributed by atoms with Crippen molar-refractivity contribution < 1.29 is 9.53 Å². The molecule has 0 heterocycles. The van der Waals surface area contributed by atoms with Crippen molar-refractivity contribution in [3.63, 3.8) is 0 Å². The predicted octanol–water partition coefficient (Wildman–Crippen LogP) is 4.59. The van der Waals surface area contributed by atoms with Crippen LogP contribution in [0.1, 0.15) is 57.1 Å². The molecule has 0 fully saturated rings. The van der Waals surface area contributed by atoms with Crippen LogP contribution in [0.3, 0.4) is 0 Å². The van der Waals surface area contributed by atoms with Crippen LogP contribution in [0, 0.1) is 0 Å². The summed E-state index contributed by atoms with van der Waals surface area (Å²) in [5.74, 6) is -0.123. The third kappa shape index (κ3) is 5.34. The fourth-order valence-corrected chi connectivity index (χ4v) is 3.11. The van der Waals surface area contributed by atoms with E-state index < -0.39 is 5.41 Å². The molecule has 0 aliphatic rings. The number of hydrogen-bond acceptors (Lipinski definition) is 2. The van der Waals surface area contributed by atoms with Crippen LogP contribution in [0.4, 0.5) is 0 Å². The molecule has 0 spiro atoms. The molecule has 134 valence electrons. The molecular weight excluding hydrogens is 415 g/mol. The second kappa shape index (κ2) is 11.3. The van der Waals surface area contributed by atoms with Gasteiger partial charge in [-0.25, -0.2) is 0 Å². The molecule has 0 unspecified atom stereocenters. The summed E-state index contributed by atoms with van der Waals surface area (Å²) in [6, 6.07) is 20.1. The van der Waals surface area contributed by atoms with Crippen molar-refractivity contribution in [2.75, 3.05) is 6.61 Å². The molecular formula is C22H30O2Sn. The molecule has 0 aromatic heterocycles. The number of unbranched alkanes of at least 4 members (excludes halogenated alkanes) is 2. The zero-order chi connectivity index (χ0) is 17.3. The van der Waals surface area contributed by atoms with Crippen molar-refractivity contribution >= 4 is 29.9 Å². The van der Waals surface area contributed by atoms with Gasteiger partial charge in [0.2, 0.25) is 0 Å². The van der Waals surface area contributed by atoms with Crippen molar-refractivity contribution in [1.82, 2.24) is 0 Å². The molecule has 2 aromatic carbocycles. The van der Waals surface area contributed by atoms with Gasteiger partial charge in [-0.05, 0) is 24.0 Å². The first-order valence-electron chi connectivity index (χ1n) is 9.04. The predicted molar refractivity (Wildman–Crippen MR) is 108 cm³/mol. The molecule has 0 saturated carbocycles. The topological polar surface area (TPSA) is 26.3 Å². The van der Waals surface area contributed by atoms with Crippen LogP contribution in [0.25, 0.3) is 0 Å². The number of rotatable bonds is 9. The van der Waals surface area contributed by atoms with Crippen LogP contribution in [0.15, 0.2) is 60.7 Å². The van der Waals surface area contributed by atoms with Crippen LogP contribution in [0.5, 0.6) is 0 Å². The molecule has 0 saturated heterocycles. The maximum atomic E-state index is 13.2. The Morgan fingerprint density at radius 3 is 1.76 bits per heavy atom. The summed E-state index contributed by atoms with van der Waals surface area (Å²) >= 11 is 0. The van der Waals surface area contributed by atoms with E-state index >= 15 is 0 Å². The van der Waals surface area contributed by atoms with E-state index in [9.17, 15) is 4.79 Å². The summed E-state index contributed by atoms with van der Waals surface area (Å²) in [4.78, 5) is 13.2. The van der Waals surface area contributed by atoms with Gasteiger partial charge < -0.3 is 4.74 Å². The van der Waals surface area contributed by atoms with E-state index in [-0.39, 0.29) is 29.9 Å². The third-order valence-corrected chi connectivity index (χ3v) is 4.52. The summed E-state index contributed by atoms with van der Waals surface area (Å²) in [6.45, 7) is 4.75. The summed E-state index contributed by atoms with van der Waals surface area (Å²) in [6.07, 6.45) is 4.71. The molecule has 0 N–H and O–H groups in total. The maximum absolute atomic E-state index is 13.2. The second-order valence-electron chi connectivity index (χ2n) is 6.23. The summed E-state index contributed by atoms with van der Waals surface area (Å²) in [5, 5.41) is 0. The number of hydrogen-bond donors (Lipinski definition) is 0. The fourth-order valence-electron chi connectivity index (χ4n) is 3.11. The number of ether oxygens (including phenoxy) is 1. The van der Waals surface area contributed by atoms with Crippen LogP contribution < -0.4 is 0 Å². The van der Waals surface area contributed by atoms with Crippen LogP contribution in [-0.2, 0) is 14.9 Å². The Morgan fingerprint density at radius 1 is 0.840 bits per heavy atom. The molecule has 0 aliphatic carbocycles. The Labute approximate surface area is 168 Å². The molecule has 2 aromatic rings. The van der Waals surface area contributed by atoms with Crippen LogP contribution in [-0.4, -0.2) is 36.5 Å². The first-order valence-corrected chi connectivity index (χ1v) is 9.04. The summed E-state index contributed by atoms with van der Waals surface area (Å²) in [5.41, 5.74) is 1.32. The van der Waals surface area contributed by atoms with Crippen molar-refractivity contribution in [3.05, 3.63) is 71.8 Å². The molecule has 0 atom stereocenters. The van der Waals surface area contributed by atoms with Gasteiger partial charge in [0.25, 0.3) is 0 Å². The molecule has 0 amide bonds. The SMILES string of the molecule is CCCCOC(=O)C(CCCC)(c1ccccc1)c1ccccc1.[SnH2]. The fraction of sp³-hybridized carbons (Fsp3) is 0.409. The zero-order valence-corrected chi connectivity index (χ0v) is 19.6. The molecule has 25 heavy (non-hydrogen) atoms. The summed E-state index contributed by atoms with van der Waals surface area (Å²) < 4.78 is 5.71. The van der Waals surface area contributed by atoms with E-state index in [2.05, 4.69) is 13.8 Å². The zero-order valence-electron chi connectivity index (χ0n) is 15.5. The van der Waals surface area contributed by atoms with Gasteiger partial charge in [0.05, 0.1) is 6.61 Å². The Morgan fingerprint density at radius 2 is 1.32 bits per heavy atom. The quantitative estimate of drug-likeness (QED) is 0.321. The van der Waals surface area contributed by atoms with Gasteiger partial charge in [-0.1, -0.05) is 93.8 Å². The normalized spacial score (nSPS) is 10.8. The van der Waals surface area contributed by atoms with Crippen molar-refractivity contribution in [3.8, 4) is 0 Å². The molecule has 2 nitrogen and oxygen atoms in total. The number of carbonyl (C=O) groups excluding carboxylic acids is 1. The number of esters is 1. The van der Waals surface area contributed by atoms with Crippen molar-refractivity contribution in [2.45, 2.75) is 51.4 Å². The minimum absolute atomic E-state index is 0. The third-order valence-electron chi connectivity index (χ3n) is 4.52. The van der Waals surface area contributed by atoms with Gasteiger partial charge in [0, 0.05) is 0 Å². The van der Waals surface area contributed by atoms with Gasteiger partial charge in [0.15, 0.2) is 0 Å². The average molecular weight is 445 g/mol. The van der Waals surface area contributed by atoms with Gasteiger partial charge in [0.1, 0.15) is 5.41 Å². The Bertz CT molecular complexity index is 571. The van der Waals surface area contributed by atoms with Crippen LogP contribution in [0.2, 0.25) is 0 Å². The molecule has 2 radical (unpaired) electrons. The van der Waals surface area contributed by atoms with Crippen molar-refractivity contribution in [1.29, 1.82) is 0 Å². The molecule has 0 bridgehead atoms.